The van der Waals surface area contributed by atoms with Gasteiger partial charge in [-0.05, 0) is 29.8 Å². The molecule has 3 aromatic carbocycles. The molecule has 1 heterocycles. The first kappa shape index (κ1) is 17.5. The van der Waals surface area contributed by atoms with E-state index in [2.05, 4.69) is 10.4 Å². The highest BCUT2D eigenvalue weighted by Crippen LogP contribution is 2.28. The van der Waals surface area contributed by atoms with Gasteiger partial charge in [0.1, 0.15) is 0 Å². The number of anilines is 1. The van der Waals surface area contributed by atoms with Gasteiger partial charge in [-0.1, -0.05) is 66.7 Å². The molecule has 0 unspecified atom stereocenters. The van der Waals surface area contributed by atoms with E-state index < -0.39 is 0 Å². The molecule has 1 N–H and O–H groups in total. The Kier molecular flexibility index (Phi) is 5.11. The molecule has 0 aliphatic heterocycles. The van der Waals surface area contributed by atoms with Crippen LogP contribution in [0.15, 0.2) is 103 Å². The molecule has 28 heavy (non-hydrogen) atoms. The predicted octanol–water partition coefficient (Wildman–Crippen LogP) is 5.19. The molecule has 0 bridgehead atoms. The third kappa shape index (κ3) is 4.07. The second-order valence-corrected chi connectivity index (χ2v) is 6.29. The van der Waals surface area contributed by atoms with Crippen LogP contribution < -0.4 is 5.32 Å². The van der Waals surface area contributed by atoms with E-state index in [0.29, 0.717) is 0 Å². The van der Waals surface area contributed by atoms with Gasteiger partial charge in [0.05, 0.1) is 11.9 Å². The molecule has 0 aliphatic carbocycles. The van der Waals surface area contributed by atoms with E-state index in [1.165, 1.54) is 0 Å². The summed E-state index contributed by atoms with van der Waals surface area (Å²) < 4.78 is 1.82. The van der Waals surface area contributed by atoms with Crippen LogP contribution in [0.3, 0.4) is 0 Å². The quantitative estimate of drug-likeness (QED) is 0.495. The number of aromatic nitrogens is 2. The number of hydrogen-bond donors (Lipinski definition) is 1. The van der Waals surface area contributed by atoms with Gasteiger partial charge in [0.2, 0.25) is 5.91 Å². The minimum Gasteiger partial charge on any atom is -0.322 e. The summed E-state index contributed by atoms with van der Waals surface area (Å²) in [6, 6.07) is 27.4. The fourth-order valence-electron chi connectivity index (χ4n) is 2.94. The third-order valence-corrected chi connectivity index (χ3v) is 4.33. The molecule has 0 saturated carbocycles. The van der Waals surface area contributed by atoms with Crippen LogP contribution in [0.2, 0.25) is 0 Å². The Bertz CT molecular complexity index is 1100. The van der Waals surface area contributed by atoms with Gasteiger partial charge in [0.25, 0.3) is 0 Å². The second-order valence-electron chi connectivity index (χ2n) is 6.29. The van der Waals surface area contributed by atoms with Gasteiger partial charge in [-0.25, -0.2) is 4.68 Å². The van der Waals surface area contributed by atoms with Crippen LogP contribution in [0, 0.1) is 0 Å². The maximum atomic E-state index is 12.4. The Morgan fingerprint density at radius 3 is 2.32 bits per heavy atom. The maximum Gasteiger partial charge on any atom is 0.248 e. The number of benzene rings is 3. The highest BCUT2D eigenvalue weighted by Gasteiger charge is 2.09. The average molecular weight is 365 g/mol. The Morgan fingerprint density at radius 1 is 0.857 bits per heavy atom. The van der Waals surface area contributed by atoms with Crippen LogP contribution in [-0.4, -0.2) is 15.7 Å². The van der Waals surface area contributed by atoms with Gasteiger partial charge in [-0.2, -0.15) is 5.10 Å². The molecule has 0 aliphatic rings. The maximum absolute atomic E-state index is 12.4. The van der Waals surface area contributed by atoms with Gasteiger partial charge in [-0.3, -0.25) is 4.79 Å². The molecule has 4 nitrogen and oxygen atoms in total. The largest absolute Gasteiger partial charge is 0.322 e. The van der Waals surface area contributed by atoms with Gasteiger partial charge in [0.15, 0.2) is 0 Å². The van der Waals surface area contributed by atoms with Crippen molar-refractivity contribution in [2.45, 2.75) is 0 Å². The molecule has 0 radical (unpaired) electrons. The Hall–Kier alpha value is -3.92. The first-order chi connectivity index (χ1) is 13.8. The summed E-state index contributed by atoms with van der Waals surface area (Å²) in [5.41, 5.74) is 4.58. The van der Waals surface area contributed by atoms with Crippen molar-refractivity contribution in [3.63, 3.8) is 0 Å². The molecule has 136 valence electrons. The van der Waals surface area contributed by atoms with E-state index in [1.54, 1.807) is 18.3 Å². The molecular formula is C24H19N3O. The van der Waals surface area contributed by atoms with Gasteiger partial charge < -0.3 is 5.32 Å². The zero-order chi connectivity index (χ0) is 19.2. The summed E-state index contributed by atoms with van der Waals surface area (Å²) in [6.07, 6.45) is 7.10. The second kappa shape index (κ2) is 8.18. The van der Waals surface area contributed by atoms with Crippen LogP contribution in [0.25, 0.3) is 22.9 Å². The van der Waals surface area contributed by atoms with Crippen molar-refractivity contribution in [2.75, 3.05) is 5.32 Å². The lowest BCUT2D eigenvalue weighted by Crippen LogP contribution is -2.08. The van der Waals surface area contributed by atoms with Crippen molar-refractivity contribution in [3.8, 4) is 16.8 Å². The minimum atomic E-state index is -0.174. The molecule has 0 atom stereocenters. The first-order valence-corrected chi connectivity index (χ1v) is 9.03. The molecular weight excluding hydrogens is 346 g/mol. The van der Waals surface area contributed by atoms with Gasteiger partial charge in [-0.15, -0.1) is 0 Å². The van der Waals surface area contributed by atoms with Crippen molar-refractivity contribution in [1.82, 2.24) is 9.78 Å². The Balaban J connectivity index is 1.55. The Labute approximate surface area is 163 Å². The molecule has 0 spiro atoms. The standard InChI is InChI=1S/C24H19N3O/c28-24(16-15-19-9-3-1-4-10-19)26-23-14-8-7-13-22(23)20-17-25-27(18-20)21-11-5-2-6-12-21/h1-18H,(H,26,28). The summed E-state index contributed by atoms with van der Waals surface area (Å²) in [7, 11) is 0. The third-order valence-electron chi connectivity index (χ3n) is 4.33. The van der Waals surface area contributed by atoms with E-state index in [0.717, 1.165) is 28.1 Å². The lowest BCUT2D eigenvalue weighted by molar-refractivity contribution is -0.111. The van der Waals surface area contributed by atoms with Crippen molar-refractivity contribution >= 4 is 17.7 Å². The molecule has 1 amide bonds. The fourth-order valence-corrected chi connectivity index (χ4v) is 2.94. The van der Waals surface area contributed by atoms with Gasteiger partial charge >= 0.3 is 0 Å². The minimum absolute atomic E-state index is 0.174. The highest BCUT2D eigenvalue weighted by molar-refractivity contribution is 6.04. The lowest BCUT2D eigenvalue weighted by atomic mass is 10.1. The van der Waals surface area contributed by atoms with Gasteiger partial charge in [0, 0.05) is 29.1 Å². The molecule has 0 saturated heterocycles. The van der Waals surface area contributed by atoms with Crippen molar-refractivity contribution in [1.29, 1.82) is 0 Å². The number of para-hydroxylation sites is 2. The number of hydrogen-bond acceptors (Lipinski definition) is 2. The summed E-state index contributed by atoms with van der Waals surface area (Å²) in [6.45, 7) is 0. The molecule has 1 aromatic heterocycles. The smallest absolute Gasteiger partial charge is 0.248 e. The van der Waals surface area contributed by atoms with Crippen LogP contribution in [0.1, 0.15) is 5.56 Å². The zero-order valence-corrected chi connectivity index (χ0v) is 15.2. The van der Waals surface area contributed by atoms with Crippen molar-refractivity contribution in [2.24, 2.45) is 0 Å². The zero-order valence-electron chi connectivity index (χ0n) is 15.2. The van der Waals surface area contributed by atoms with E-state index in [1.807, 2.05) is 95.8 Å². The topological polar surface area (TPSA) is 46.9 Å². The summed E-state index contributed by atoms with van der Waals surface area (Å²) in [4.78, 5) is 12.4. The normalized spacial score (nSPS) is 10.9. The average Bonchev–Trinajstić information content (AvgIpc) is 3.24. The molecule has 4 aromatic rings. The number of nitrogens with one attached hydrogen (secondary N) is 1. The fraction of sp³-hybridized carbons (Fsp3) is 0. The van der Waals surface area contributed by atoms with Crippen LogP contribution in [0.4, 0.5) is 5.69 Å². The van der Waals surface area contributed by atoms with E-state index >= 15 is 0 Å². The van der Waals surface area contributed by atoms with E-state index in [4.69, 9.17) is 0 Å². The number of carbonyl (C=O) groups is 1. The predicted molar refractivity (Wildman–Crippen MR) is 113 cm³/mol. The van der Waals surface area contributed by atoms with E-state index in [9.17, 15) is 4.79 Å². The number of rotatable bonds is 5. The summed E-state index contributed by atoms with van der Waals surface area (Å²) >= 11 is 0. The SMILES string of the molecule is O=C(C=Cc1ccccc1)Nc1ccccc1-c1cnn(-c2ccccc2)c1. The Morgan fingerprint density at radius 2 is 1.54 bits per heavy atom. The van der Waals surface area contributed by atoms with Crippen LogP contribution in [-0.2, 0) is 4.79 Å². The molecule has 4 rings (SSSR count). The summed E-state index contributed by atoms with van der Waals surface area (Å²) in [5, 5.41) is 7.41. The van der Waals surface area contributed by atoms with Crippen LogP contribution >= 0.6 is 0 Å². The number of amides is 1. The van der Waals surface area contributed by atoms with Crippen LogP contribution in [0.5, 0.6) is 0 Å². The molecule has 0 fully saturated rings. The van der Waals surface area contributed by atoms with Crippen molar-refractivity contribution in [3.05, 3.63) is 109 Å². The molecule has 4 heteroatoms. The number of nitrogens with zero attached hydrogens (tertiary/aromatic N) is 2. The first-order valence-electron chi connectivity index (χ1n) is 9.03. The number of carbonyl (C=O) groups excluding carboxylic acids is 1. The summed E-state index contributed by atoms with van der Waals surface area (Å²) in [5.74, 6) is -0.174. The van der Waals surface area contributed by atoms with E-state index in [-0.39, 0.29) is 5.91 Å². The lowest BCUT2D eigenvalue weighted by Gasteiger charge is -2.08. The highest BCUT2D eigenvalue weighted by atomic mass is 16.1. The monoisotopic (exact) mass is 365 g/mol. The van der Waals surface area contributed by atoms with Crippen molar-refractivity contribution < 1.29 is 4.79 Å².